The first-order valence-corrected chi connectivity index (χ1v) is 14.0. The van der Waals surface area contributed by atoms with Crippen LogP contribution in [-0.2, 0) is 11.3 Å². The summed E-state index contributed by atoms with van der Waals surface area (Å²) in [6.07, 6.45) is 5.29. The Morgan fingerprint density at radius 1 is 1.19 bits per heavy atom. The van der Waals surface area contributed by atoms with Crippen LogP contribution in [0.3, 0.4) is 0 Å². The summed E-state index contributed by atoms with van der Waals surface area (Å²) in [6, 6.07) is 15.6. The lowest BCUT2D eigenvalue weighted by Crippen LogP contribution is -2.86. The molecule has 0 spiro atoms. The summed E-state index contributed by atoms with van der Waals surface area (Å²) in [5.41, 5.74) is 10.6. The van der Waals surface area contributed by atoms with Gasteiger partial charge in [0.1, 0.15) is 29.3 Å². The first-order valence-electron chi connectivity index (χ1n) is 14.0. The number of carbonyl (C=O) groups is 2. The number of carboxylic acids is 1. The van der Waals surface area contributed by atoms with Crippen LogP contribution < -0.4 is 26.2 Å². The van der Waals surface area contributed by atoms with Crippen molar-refractivity contribution in [3.8, 4) is 17.0 Å². The second-order valence-corrected chi connectivity index (χ2v) is 10.2. The molecule has 43 heavy (non-hydrogen) atoms. The van der Waals surface area contributed by atoms with Crippen molar-refractivity contribution in [2.24, 2.45) is 0 Å². The number of nitrogens with two attached hydrogens (primary N) is 2. The molecule has 0 aliphatic carbocycles. The lowest BCUT2D eigenvalue weighted by Gasteiger charge is -2.21. The molecule has 1 fully saturated rings. The molecule has 12 nitrogen and oxygen atoms in total. The van der Waals surface area contributed by atoms with Crippen molar-refractivity contribution in [1.82, 2.24) is 24.3 Å². The van der Waals surface area contributed by atoms with E-state index in [1.807, 2.05) is 57.8 Å². The van der Waals surface area contributed by atoms with E-state index in [-0.39, 0.29) is 11.9 Å². The number of aliphatic carboxylic acids is 1. The van der Waals surface area contributed by atoms with Gasteiger partial charge in [-0.1, -0.05) is 30.3 Å². The second kappa shape index (κ2) is 12.7. The molecule has 0 saturated carbocycles. The zero-order chi connectivity index (χ0) is 30.5. The summed E-state index contributed by atoms with van der Waals surface area (Å²) in [5, 5.41) is 20.9. The molecule has 12 heteroatoms. The Morgan fingerprint density at radius 2 is 1.93 bits per heavy atom. The SMILES string of the molecule is C=CCn1c(C(=O)Nc2ccc(-c3nn(C4CC[NH2+]CC4)c4ncnc(N)c34)cc2OC)cc2ccccc21.CC(=O)[O-]. The van der Waals surface area contributed by atoms with Crippen LogP contribution in [0, 0.1) is 0 Å². The summed E-state index contributed by atoms with van der Waals surface area (Å²) < 4.78 is 9.65. The van der Waals surface area contributed by atoms with E-state index in [9.17, 15) is 4.79 Å². The number of benzene rings is 2. The molecular weight excluding hydrogens is 548 g/mol. The lowest BCUT2D eigenvalue weighted by atomic mass is 10.1. The third-order valence-corrected chi connectivity index (χ3v) is 7.35. The number of fused-ring (bicyclic) bond motifs is 2. The Bertz CT molecular complexity index is 1800. The van der Waals surface area contributed by atoms with E-state index in [2.05, 4.69) is 27.2 Å². The molecule has 0 bridgehead atoms. The summed E-state index contributed by atoms with van der Waals surface area (Å²) in [7, 11) is 1.58. The number of hydrogen-bond donors (Lipinski definition) is 3. The predicted molar refractivity (Wildman–Crippen MR) is 162 cm³/mol. The van der Waals surface area contributed by atoms with E-state index in [1.54, 1.807) is 13.2 Å². The van der Waals surface area contributed by atoms with Gasteiger partial charge in [-0.3, -0.25) is 4.79 Å². The standard InChI is InChI=1S/C29H30N8O2.C2H4O2/c1-3-14-36-22-7-5-4-6-18(22)15-23(36)29(38)34-21-9-8-19(16-24(21)39-2)26-25-27(30)32-17-33-28(25)37(35-26)20-10-12-31-13-11-20;1-2(3)4/h3-9,15-17,20,31H,1,10-14H2,2H3,(H,34,38)(H2,30,32,33);1H3,(H,3,4). The molecule has 0 atom stereocenters. The molecule has 1 aliphatic rings. The van der Waals surface area contributed by atoms with Crippen molar-refractivity contribution in [3.05, 3.63) is 73.2 Å². The molecule has 5 aromatic rings. The number of aromatic nitrogens is 5. The Kier molecular flexibility index (Phi) is 8.67. The van der Waals surface area contributed by atoms with Gasteiger partial charge in [0.15, 0.2) is 5.65 Å². The zero-order valence-corrected chi connectivity index (χ0v) is 24.1. The highest BCUT2D eigenvalue weighted by atomic mass is 16.5. The first kappa shape index (κ1) is 29.3. The predicted octanol–water partition coefficient (Wildman–Crippen LogP) is 2.13. The molecular formula is C31H34N8O4. The topological polar surface area (TPSA) is 170 Å². The number of rotatable bonds is 7. The average molecular weight is 583 g/mol. The van der Waals surface area contributed by atoms with Crippen LogP contribution in [0.4, 0.5) is 11.5 Å². The lowest BCUT2D eigenvalue weighted by molar-refractivity contribution is -0.664. The Morgan fingerprint density at radius 3 is 2.65 bits per heavy atom. The molecule has 5 N–H and O–H groups in total. The van der Waals surface area contributed by atoms with Gasteiger partial charge in [0.2, 0.25) is 0 Å². The van der Waals surface area contributed by atoms with Gasteiger partial charge >= 0.3 is 0 Å². The number of piperidine rings is 1. The number of nitrogens with one attached hydrogen (secondary N) is 1. The highest BCUT2D eigenvalue weighted by molar-refractivity contribution is 6.07. The minimum atomic E-state index is -1.08. The fraction of sp³-hybridized carbons (Fsp3) is 0.258. The molecule has 1 amide bonds. The summed E-state index contributed by atoms with van der Waals surface area (Å²) in [5.74, 6) is -0.423. The van der Waals surface area contributed by atoms with E-state index in [0.29, 0.717) is 35.2 Å². The number of carboxylic acid groups (broad SMARTS) is 1. The molecule has 3 aromatic heterocycles. The van der Waals surface area contributed by atoms with Crippen LogP contribution in [0.15, 0.2) is 67.5 Å². The van der Waals surface area contributed by atoms with Crippen molar-refractivity contribution in [1.29, 1.82) is 0 Å². The van der Waals surface area contributed by atoms with Gasteiger partial charge in [-0.15, -0.1) is 6.58 Å². The average Bonchev–Trinajstić information content (AvgIpc) is 3.58. The minimum absolute atomic E-state index is 0.236. The van der Waals surface area contributed by atoms with Crippen LogP contribution in [0.25, 0.3) is 33.2 Å². The van der Waals surface area contributed by atoms with Crippen LogP contribution in [0.2, 0.25) is 0 Å². The molecule has 0 radical (unpaired) electrons. The summed E-state index contributed by atoms with van der Waals surface area (Å²) in [4.78, 5) is 31.1. The quantitative estimate of drug-likeness (QED) is 0.245. The number of anilines is 2. The minimum Gasteiger partial charge on any atom is -0.550 e. The molecule has 4 heterocycles. The Labute approximate surface area is 248 Å². The zero-order valence-electron chi connectivity index (χ0n) is 24.1. The number of nitrogen functional groups attached to an aromatic ring is 1. The largest absolute Gasteiger partial charge is 0.550 e. The van der Waals surface area contributed by atoms with Crippen molar-refractivity contribution >= 4 is 45.3 Å². The maximum absolute atomic E-state index is 13.4. The number of amides is 1. The van der Waals surface area contributed by atoms with Crippen molar-refractivity contribution in [2.45, 2.75) is 32.4 Å². The van der Waals surface area contributed by atoms with E-state index < -0.39 is 5.97 Å². The van der Waals surface area contributed by atoms with Gasteiger partial charge in [0.05, 0.1) is 37.3 Å². The van der Waals surface area contributed by atoms with Gasteiger partial charge in [0, 0.05) is 41.8 Å². The van der Waals surface area contributed by atoms with E-state index >= 15 is 0 Å². The Hall–Kier alpha value is -5.23. The number of hydrogen-bond acceptors (Lipinski definition) is 8. The van der Waals surface area contributed by atoms with Crippen molar-refractivity contribution in [3.63, 3.8) is 0 Å². The number of quaternary nitrogens is 1. The Balaban J connectivity index is 0.000000868. The van der Waals surface area contributed by atoms with E-state index in [1.165, 1.54) is 6.33 Å². The smallest absolute Gasteiger partial charge is 0.272 e. The first-order chi connectivity index (χ1) is 20.8. The van der Waals surface area contributed by atoms with Crippen molar-refractivity contribution < 1.29 is 24.7 Å². The number of para-hydroxylation sites is 1. The number of ether oxygens (including phenoxy) is 1. The molecule has 0 unspecified atom stereocenters. The highest BCUT2D eigenvalue weighted by Gasteiger charge is 2.25. The van der Waals surface area contributed by atoms with Gasteiger partial charge < -0.3 is 35.6 Å². The van der Waals surface area contributed by atoms with Crippen molar-refractivity contribution in [2.75, 3.05) is 31.2 Å². The molecule has 1 saturated heterocycles. The third-order valence-electron chi connectivity index (χ3n) is 7.35. The second-order valence-electron chi connectivity index (χ2n) is 10.2. The fourth-order valence-electron chi connectivity index (χ4n) is 5.46. The molecule has 1 aliphatic heterocycles. The molecule has 222 valence electrons. The van der Waals surface area contributed by atoms with Gasteiger partial charge in [-0.25, -0.2) is 14.6 Å². The monoisotopic (exact) mass is 582 g/mol. The number of carbonyl (C=O) groups excluding carboxylic acids is 2. The molecule has 6 rings (SSSR count). The maximum Gasteiger partial charge on any atom is 0.272 e. The summed E-state index contributed by atoms with van der Waals surface area (Å²) >= 11 is 0. The number of nitrogens with zero attached hydrogens (tertiary/aromatic N) is 5. The molecule has 2 aromatic carbocycles. The fourth-order valence-corrected chi connectivity index (χ4v) is 5.46. The van der Waals surface area contributed by atoms with E-state index in [4.69, 9.17) is 25.5 Å². The number of allylic oxidation sites excluding steroid dienone is 1. The summed E-state index contributed by atoms with van der Waals surface area (Å²) in [6.45, 7) is 7.45. The third kappa shape index (κ3) is 6.04. The van der Waals surface area contributed by atoms with Crippen LogP contribution in [-0.4, -0.2) is 56.4 Å². The highest BCUT2D eigenvalue weighted by Crippen LogP contribution is 2.37. The van der Waals surface area contributed by atoms with Crippen LogP contribution in [0.5, 0.6) is 5.75 Å². The normalized spacial score (nSPS) is 13.3. The van der Waals surface area contributed by atoms with Gasteiger partial charge in [0.25, 0.3) is 5.91 Å². The van der Waals surface area contributed by atoms with Gasteiger partial charge in [-0.2, -0.15) is 5.10 Å². The van der Waals surface area contributed by atoms with Crippen LogP contribution in [0.1, 0.15) is 36.3 Å². The number of methoxy groups -OCH3 is 1. The van der Waals surface area contributed by atoms with Crippen LogP contribution >= 0.6 is 0 Å². The maximum atomic E-state index is 13.4. The van der Waals surface area contributed by atoms with E-state index in [0.717, 1.165) is 60.4 Å². The van der Waals surface area contributed by atoms with Gasteiger partial charge in [-0.05, 0) is 31.2 Å².